The Morgan fingerprint density at radius 3 is 2.67 bits per heavy atom. The van der Waals surface area contributed by atoms with Gasteiger partial charge in [-0.2, -0.15) is 0 Å². The van der Waals surface area contributed by atoms with E-state index in [9.17, 15) is 0 Å². The molecule has 0 amide bonds. The fraction of sp³-hybridized carbons (Fsp3) is 0.625. The predicted molar refractivity (Wildman–Crippen MR) is 73.8 cm³/mol. The monoisotopic (exact) mass is 245 g/mol. The van der Waals surface area contributed by atoms with Crippen molar-refractivity contribution in [1.29, 1.82) is 0 Å². The lowest BCUT2D eigenvalue weighted by molar-refractivity contribution is -0.0226. The van der Waals surface area contributed by atoms with Crippen molar-refractivity contribution in [3.8, 4) is 0 Å². The van der Waals surface area contributed by atoms with Crippen molar-refractivity contribution in [2.45, 2.75) is 43.7 Å². The van der Waals surface area contributed by atoms with Crippen LogP contribution in [0.15, 0.2) is 30.3 Å². The standard InChI is InChI=1S/C16H23NO/c1-18-15-10-12-17-11-6-5-9-14(17)16(15)13-7-3-2-4-8-13/h2-4,7-8,14-16H,5-6,9-12H2,1H3/t14-,15+,16-/m1/s1. The molecule has 2 nitrogen and oxygen atoms in total. The molecule has 2 aliphatic heterocycles. The number of methoxy groups -OCH3 is 1. The topological polar surface area (TPSA) is 12.5 Å². The predicted octanol–water partition coefficient (Wildman–Crippen LogP) is 3.04. The molecule has 0 unspecified atom stereocenters. The Morgan fingerprint density at radius 1 is 1.06 bits per heavy atom. The van der Waals surface area contributed by atoms with Crippen LogP contribution in [0.2, 0.25) is 0 Å². The Labute approximate surface area is 110 Å². The van der Waals surface area contributed by atoms with Crippen LogP contribution in [-0.4, -0.2) is 37.2 Å². The van der Waals surface area contributed by atoms with Crippen LogP contribution in [0.25, 0.3) is 0 Å². The molecule has 3 rings (SSSR count). The number of piperidine rings is 2. The van der Waals surface area contributed by atoms with Gasteiger partial charge in [0.05, 0.1) is 6.10 Å². The number of rotatable bonds is 2. The van der Waals surface area contributed by atoms with E-state index in [1.54, 1.807) is 0 Å². The van der Waals surface area contributed by atoms with Gasteiger partial charge in [0, 0.05) is 25.6 Å². The largest absolute Gasteiger partial charge is 0.381 e. The first-order chi connectivity index (χ1) is 8.90. The Kier molecular flexibility index (Phi) is 3.67. The second-order valence-electron chi connectivity index (χ2n) is 5.60. The molecule has 1 aromatic rings. The minimum absolute atomic E-state index is 0.395. The van der Waals surface area contributed by atoms with Gasteiger partial charge in [-0.15, -0.1) is 0 Å². The summed E-state index contributed by atoms with van der Waals surface area (Å²) in [5.41, 5.74) is 1.46. The number of ether oxygens (including phenoxy) is 1. The molecule has 0 spiro atoms. The summed E-state index contributed by atoms with van der Waals surface area (Å²) in [4.78, 5) is 2.69. The molecule has 2 saturated heterocycles. The van der Waals surface area contributed by atoms with E-state index in [2.05, 4.69) is 35.2 Å². The summed E-state index contributed by atoms with van der Waals surface area (Å²) in [6, 6.07) is 11.7. The van der Waals surface area contributed by atoms with Crippen LogP contribution in [0.3, 0.4) is 0 Å². The maximum atomic E-state index is 5.78. The van der Waals surface area contributed by atoms with Gasteiger partial charge in [0.15, 0.2) is 0 Å². The highest BCUT2D eigenvalue weighted by Crippen LogP contribution is 2.38. The molecule has 0 bridgehead atoms. The molecular formula is C16H23NO. The van der Waals surface area contributed by atoms with E-state index in [0.29, 0.717) is 18.1 Å². The van der Waals surface area contributed by atoms with Crippen molar-refractivity contribution in [1.82, 2.24) is 4.90 Å². The zero-order valence-electron chi connectivity index (χ0n) is 11.2. The molecule has 2 aliphatic rings. The maximum Gasteiger partial charge on any atom is 0.0667 e. The van der Waals surface area contributed by atoms with Crippen LogP contribution < -0.4 is 0 Å². The zero-order chi connectivity index (χ0) is 12.4. The number of fused-ring (bicyclic) bond motifs is 1. The molecule has 1 aromatic carbocycles. The van der Waals surface area contributed by atoms with Crippen molar-refractivity contribution in [2.75, 3.05) is 20.2 Å². The highest BCUT2D eigenvalue weighted by Gasteiger charge is 2.39. The molecule has 0 N–H and O–H groups in total. The molecule has 18 heavy (non-hydrogen) atoms. The van der Waals surface area contributed by atoms with Gasteiger partial charge in [0.1, 0.15) is 0 Å². The minimum atomic E-state index is 0.395. The van der Waals surface area contributed by atoms with Crippen LogP contribution in [0.1, 0.15) is 37.2 Å². The van der Waals surface area contributed by atoms with Gasteiger partial charge in [0.2, 0.25) is 0 Å². The first kappa shape index (κ1) is 12.2. The Bertz CT molecular complexity index is 378. The lowest BCUT2D eigenvalue weighted by atomic mass is 9.77. The van der Waals surface area contributed by atoms with Gasteiger partial charge in [0.25, 0.3) is 0 Å². The summed E-state index contributed by atoms with van der Waals surface area (Å²) in [5.74, 6) is 0.560. The van der Waals surface area contributed by atoms with Crippen LogP contribution in [0.4, 0.5) is 0 Å². The number of benzene rings is 1. The molecule has 98 valence electrons. The average Bonchev–Trinajstić information content (AvgIpc) is 2.47. The van der Waals surface area contributed by atoms with Gasteiger partial charge in [-0.05, 0) is 31.4 Å². The SMILES string of the molecule is CO[C@H]1CCN2CCCC[C@@H]2[C@H]1c1ccccc1. The third-order valence-corrected chi connectivity index (χ3v) is 4.67. The summed E-state index contributed by atoms with van der Waals surface area (Å²) < 4.78 is 5.78. The van der Waals surface area contributed by atoms with E-state index < -0.39 is 0 Å². The zero-order valence-corrected chi connectivity index (χ0v) is 11.2. The van der Waals surface area contributed by atoms with Crippen molar-refractivity contribution < 1.29 is 4.74 Å². The fourth-order valence-electron chi connectivity index (χ4n) is 3.80. The van der Waals surface area contributed by atoms with Crippen LogP contribution >= 0.6 is 0 Å². The molecule has 2 heterocycles. The highest BCUT2D eigenvalue weighted by molar-refractivity contribution is 5.24. The molecule has 0 radical (unpaired) electrons. The first-order valence-electron chi connectivity index (χ1n) is 7.22. The highest BCUT2D eigenvalue weighted by atomic mass is 16.5. The van der Waals surface area contributed by atoms with Crippen molar-refractivity contribution in [3.63, 3.8) is 0 Å². The van der Waals surface area contributed by atoms with Gasteiger partial charge in [-0.3, -0.25) is 4.90 Å². The molecule has 0 aromatic heterocycles. The lowest BCUT2D eigenvalue weighted by Crippen LogP contribution is -2.52. The molecule has 0 aliphatic carbocycles. The van der Waals surface area contributed by atoms with Gasteiger partial charge in [-0.25, -0.2) is 0 Å². The number of hydrogen-bond donors (Lipinski definition) is 0. The molecular weight excluding hydrogens is 222 g/mol. The van der Waals surface area contributed by atoms with E-state index in [4.69, 9.17) is 4.74 Å². The second kappa shape index (κ2) is 5.41. The van der Waals surface area contributed by atoms with E-state index in [1.807, 2.05) is 7.11 Å². The van der Waals surface area contributed by atoms with Crippen molar-refractivity contribution in [2.24, 2.45) is 0 Å². The number of hydrogen-bond acceptors (Lipinski definition) is 2. The van der Waals surface area contributed by atoms with E-state index in [1.165, 1.54) is 44.3 Å². The third-order valence-electron chi connectivity index (χ3n) is 4.67. The quantitative estimate of drug-likeness (QED) is 0.794. The fourth-order valence-corrected chi connectivity index (χ4v) is 3.80. The average molecular weight is 245 g/mol. The second-order valence-corrected chi connectivity index (χ2v) is 5.60. The minimum Gasteiger partial charge on any atom is -0.381 e. The van der Waals surface area contributed by atoms with Gasteiger partial charge >= 0.3 is 0 Å². The summed E-state index contributed by atoms with van der Waals surface area (Å²) in [5, 5.41) is 0. The summed E-state index contributed by atoms with van der Waals surface area (Å²) in [6.45, 7) is 2.50. The van der Waals surface area contributed by atoms with E-state index in [-0.39, 0.29) is 0 Å². The van der Waals surface area contributed by atoms with E-state index >= 15 is 0 Å². The van der Waals surface area contributed by atoms with E-state index in [0.717, 1.165) is 0 Å². The Morgan fingerprint density at radius 2 is 1.89 bits per heavy atom. The van der Waals surface area contributed by atoms with Gasteiger partial charge in [-0.1, -0.05) is 36.8 Å². The summed E-state index contributed by atoms with van der Waals surface area (Å²) >= 11 is 0. The van der Waals surface area contributed by atoms with Gasteiger partial charge < -0.3 is 4.74 Å². The van der Waals surface area contributed by atoms with Crippen molar-refractivity contribution in [3.05, 3.63) is 35.9 Å². The smallest absolute Gasteiger partial charge is 0.0667 e. The number of nitrogens with zero attached hydrogens (tertiary/aromatic N) is 1. The van der Waals surface area contributed by atoms with Crippen LogP contribution in [-0.2, 0) is 4.74 Å². The summed E-state index contributed by atoms with van der Waals surface area (Å²) in [6.07, 6.45) is 5.65. The lowest BCUT2D eigenvalue weighted by Gasteiger charge is -2.47. The molecule has 2 fully saturated rings. The molecule has 0 saturated carbocycles. The Hall–Kier alpha value is -0.860. The van der Waals surface area contributed by atoms with Crippen molar-refractivity contribution >= 4 is 0 Å². The van der Waals surface area contributed by atoms with Crippen LogP contribution in [0, 0.1) is 0 Å². The Balaban J connectivity index is 1.90. The molecule has 2 heteroatoms. The normalized spacial score (nSPS) is 33.1. The molecule has 3 atom stereocenters. The first-order valence-corrected chi connectivity index (χ1v) is 7.22. The summed E-state index contributed by atoms with van der Waals surface area (Å²) in [7, 11) is 1.87. The third kappa shape index (κ3) is 2.19. The maximum absolute atomic E-state index is 5.78. The van der Waals surface area contributed by atoms with Crippen LogP contribution in [0.5, 0.6) is 0 Å².